The van der Waals surface area contributed by atoms with E-state index >= 15 is 0 Å². The Kier molecular flexibility index (Phi) is 5.31. The van der Waals surface area contributed by atoms with Gasteiger partial charge in [0.25, 0.3) is 5.91 Å². The molecule has 2 rings (SSSR count). The van der Waals surface area contributed by atoms with E-state index < -0.39 is 0 Å². The number of nitrogens with one attached hydrogen (secondary N) is 1. The molecule has 2 aromatic carbocycles. The van der Waals surface area contributed by atoms with Crippen LogP contribution in [0.4, 0.5) is 0 Å². The maximum atomic E-state index is 11.7. The van der Waals surface area contributed by atoms with Gasteiger partial charge in [-0.2, -0.15) is 5.10 Å². The van der Waals surface area contributed by atoms with Crippen molar-refractivity contribution in [3.8, 4) is 5.75 Å². The fourth-order valence-corrected chi connectivity index (χ4v) is 1.82. The van der Waals surface area contributed by atoms with E-state index in [2.05, 4.69) is 10.5 Å². The van der Waals surface area contributed by atoms with Crippen LogP contribution in [0, 0.1) is 13.8 Å². The van der Waals surface area contributed by atoms with Gasteiger partial charge >= 0.3 is 0 Å². The van der Waals surface area contributed by atoms with Crippen molar-refractivity contribution in [2.75, 3.05) is 6.61 Å². The predicted molar refractivity (Wildman–Crippen MR) is 88.2 cm³/mol. The SMILES string of the molecule is C/C(=N/NC(=O)COc1ccc(C)cc1)c1ccc(C)cc1. The lowest BCUT2D eigenvalue weighted by Gasteiger charge is -2.06. The molecule has 4 nitrogen and oxygen atoms in total. The van der Waals surface area contributed by atoms with Gasteiger partial charge in [-0.1, -0.05) is 47.5 Å². The molecule has 0 unspecified atom stereocenters. The summed E-state index contributed by atoms with van der Waals surface area (Å²) in [6, 6.07) is 15.5. The third kappa shape index (κ3) is 4.74. The number of aryl methyl sites for hydroxylation is 2. The summed E-state index contributed by atoms with van der Waals surface area (Å²) in [5.41, 5.74) is 6.57. The number of carbonyl (C=O) groups excluding carboxylic acids is 1. The van der Waals surface area contributed by atoms with Crippen molar-refractivity contribution in [1.29, 1.82) is 0 Å². The van der Waals surface area contributed by atoms with Gasteiger partial charge in [0, 0.05) is 0 Å². The quantitative estimate of drug-likeness (QED) is 0.680. The molecule has 0 bridgehead atoms. The molecular weight excluding hydrogens is 276 g/mol. The van der Waals surface area contributed by atoms with Crippen LogP contribution in [0.2, 0.25) is 0 Å². The van der Waals surface area contributed by atoms with Crippen molar-refractivity contribution in [2.24, 2.45) is 5.10 Å². The number of rotatable bonds is 5. The Morgan fingerprint density at radius 3 is 2.14 bits per heavy atom. The summed E-state index contributed by atoms with van der Waals surface area (Å²) in [5, 5.41) is 4.09. The van der Waals surface area contributed by atoms with E-state index in [9.17, 15) is 4.79 Å². The van der Waals surface area contributed by atoms with Crippen molar-refractivity contribution in [3.63, 3.8) is 0 Å². The van der Waals surface area contributed by atoms with Crippen LogP contribution in [0.3, 0.4) is 0 Å². The summed E-state index contributed by atoms with van der Waals surface area (Å²) in [6.45, 7) is 5.82. The first-order chi connectivity index (χ1) is 10.5. The average molecular weight is 296 g/mol. The maximum absolute atomic E-state index is 11.7. The molecule has 0 atom stereocenters. The number of amides is 1. The van der Waals surface area contributed by atoms with Gasteiger partial charge in [-0.3, -0.25) is 4.79 Å². The molecule has 0 heterocycles. The third-order valence-corrected chi connectivity index (χ3v) is 3.21. The Morgan fingerprint density at radius 1 is 1.00 bits per heavy atom. The molecule has 22 heavy (non-hydrogen) atoms. The zero-order chi connectivity index (χ0) is 15.9. The Balaban J connectivity index is 1.85. The number of hydrogen-bond acceptors (Lipinski definition) is 3. The first kappa shape index (κ1) is 15.8. The van der Waals surface area contributed by atoms with Crippen LogP contribution >= 0.6 is 0 Å². The van der Waals surface area contributed by atoms with Crippen molar-refractivity contribution < 1.29 is 9.53 Å². The first-order valence-corrected chi connectivity index (χ1v) is 7.14. The summed E-state index contributed by atoms with van der Waals surface area (Å²) in [7, 11) is 0. The van der Waals surface area contributed by atoms with Gasteiger partial charge in [-0.15, -0.1) is 0 Å². The number of benzene rings is 2. The van der Waals surface area contributed by atoms with E-state index in [1.54, 1.807) is 0 Å². The molecule has 0 aliphatic rings. The first-order valence-electron chi connectivity index (χ1n) is 7.14. The van der Waals surface area contributed by atoms with Crippen molar-refractivity contribution in [3.05, 3.63) is 65.2 Å². The highest BCUT2D eigenvalue weighted by atomic mass is 16.5. The lowest BCUT2D eigenvalue weighted by molar-refractivity contribution is -0.123. The van der Waals surface area contributed by atoms with Crippen LogP contribution in [0.15, 0.2) is 53.6 Å². The molecule has 2 aromatic rings. The number of carbonyl (C=O) groups is 1. The highest BCUT2D eigenvalue weighted by molar-refractivity contribution is 5.99. The number of hydrogen-bond donors (Lipinski definition) is 1. The summed E-state index contributed by atoms with van der Waals surface area (Å²) in [5.74, 6) is 0.382. The minimum atomic E-state index is -0.285. The van der Waals surface area contributed by atoms with E-state index in [1.807, 2.05) is 69.3 Å². The number of ether oxygens (including phenoxy) is 1. The molecule has 0 aromatic heterocycles. The Morgan fingerprint density at radius 2 is 1.55 bits per heavy atom. The van der Waals surface area contributed by atoms with E-state index in [1.165, 1.54) is 5.56 Å². The molecule has 0 aliphatic carbocycles. The van der Waals surface area contributed by atoms with Crippen LogP contribution in [-0.2, 0) is 4.79 Å². The summed E-state index contributed by atoms with van der Waals surface area (Å²) in [4.78, 5) is 11.7. The van der Waals surface area contributed by atoms with Crippen molar-refractivity contribution in [1.82, 2.24) is 5.43 Å². The highest BCUT2D eigenvalue weighted by Crippen LogP contribution is 2.11. The van der Waals surface area contributed by atoms with Crippen molar-refractivity contribution in [2.45, 2.75) is 20.8 Å². The van der Waals surface area contributed by atoms with Gasteiger partial charge in [0.2, 0.25) is 0 Å². The minimum Gasteiger partial charge on any atom is -0.484 e. The lowest BCUT2D eigenvalue weighted by atomic mass is 10.1. The van der Waals surface area contributed by atoms with Gasteiger partial charge in [0.1, 0.15) is 5.75 Å². The predicted octanol–water partition coefficient (Wildman–Crippen LogP) is 3.22. The van der Waals surface area contributed by atoms with Gasteiger partial charge in [-0.25, -0.2) is 5.43 Å². The largest absolute Gasteiger partial charge is 0.484 e. The van der Waals surface area contributed by atoms with Crippen LogP contribution in [0.25, 0.3) is 0 Å². The molecule has 1 amide bonds. The topological polar surface area (TPSA) is 50.7 Å². The van der Waals surface area contributed by atoms with Crippen LogP contribution in [-0.4, -0.2) is 18.2 Å². The second-order valence-corrected chi connectivity index (χ2v) is 5.20. The minimum absolute atomic E-state index is 0.0618. The molecule has 0 saturated heterocycles. The zero-order valence-corrected chi connectivity index (χ0v) is 13.1. The normalized spacial score (nSPS) is 11.1. The second kappa shape index (κ2) is 7.41. The maximum Gasteiger partial charge on any atom is 0.277 e. The Labute approximate surface area is 130 Å². The fourth-order valence-electron chi connectivity index (χ4n) is 1.82. The monoisotopic (exact) mass is 296 g/mol. The van der Waals surface area contributed by atoms with Gasteiger partial charge in [-0.05, 0) is 38.5 Å². The summed E-state index contributed by atoms with van der Waals surface area (Å²) >= 11 is 0. The van der Waals surface area contributed by atoms with Gasteiger partial charge in [0.05, 0.1) is 5.71 Å². The van der Waals surface area contributed by atoms with Gasteiger partial charge < -0.3 is 4.74 Å². The highest BCUT2D eigenvalue weighted by Gasteiger charge is 2.03. The number of hydrazone groups is 1. The van der Waals surface area contributed by atoms with Crippen LogP contribution in [0.5, 0.6) is 5.75 Å². The van der Waals surface area contributed by atoms with Crippen molar-refractivity contribution >= 4 is 11.6 Å². The van der Waals surface area contributed by atoms with E-state index in [0.717, 1.165) is 16.8 Å². The smallest absolute Gasteiger partial charge is 0.277 e. The molecule has 1 N–H and O–H groups in total. The Hall–Kier alpha value is -2.62. The summed E-state index contributed by atoms with van der Waals surface area (Å²) in [6.07, 6.45) is 0. The lowest BCUT2D eigenvalue weighted by Crippen LogP contribution is -2.25. The van der Waals surface area contributed by atoms with E-state index in [-0.39, 0.29) is 12.5 Å². The molecule has 0 saturated carbocycles. The Bertz CT molecular complexity index is 658. The van der Waals surface area contributed by atoms with Crippen LogP contribution in [0.1, 0.15) is 23.6 Å². The zero-order valence-electron chi connectivity index (χ0n) is 13.1. The molecule has 4 heteroatoms. The number of nitrogens with zero attached hydrogens (tertiary/aromatic N) is 1. The average Bonchev–Trinajstić information content (AvgIpc) is 2.52. The van der Waals surface area contributed by atoms with E-state index in [0.29, 0.717) is 5.75 Å². The van der Waals surface area contributed by atoms with E-state index in [4.69, 9.17) is 4.74 Å². The molecule has 0 fully saturated rings. The molecule has 0 radical (unpaired) electrons. The molecule has 114 valence electrons. The standard InChI is InChI=1S/C18H20N2O2/c1-13-4-8-16(9-5-13)15(3)19-20-18(21)12-22-17-10-6-14(2)7-11-17/h4-11H,12H2,1-3H3,(H,20,21)/b19-15-. The molecule has 0 spiro atoms. The second-order valence-electron chi connectivity index (χ2n) is 5.20. The third-order valence-electron chi connectivity index (χ3n) is 3.21. The summed E-state index contributed by atoms with van der Waals surface area (Å²) < 4.78 is 5.40. The fraction of sp³-hybridized carbons (Fsp3) is 0.222. The van der Waals surface area contributed by atoms with Gasteiger partial charge in [0.15, 0.2) is 6.61 Å². The molecular formula is C18H20N2O2. The molecule has 0 aliphatic heterocycles. The van der Waals surface area contributed by atoms with Crippen LogP contribution < -0.4 is 10.2 Å².